The summed E-state index contributed by atoms with van der Waals surface area (Å²) in [7, 11) is 0. The van der Waals surface area contributed by atoms with Crippen molar-refractivity contribution in [2.75, 3.05) is 0 Å². The number of hydrogen-bond donors (Lipinski definition) is 2. The molecule has 2 nitrogen and oxygen atoms in total. The summed E-state index contributed by atoms with van der Waals surface area (Å²) in [5, 5.41) is 0. The number of nitrogens with one attached hydrogen (secondary N) is 1. The molecule has 1 aliphatic rings. The van der Waals surface area contributed by atoms with Crippen molar-refractivity contribution in [2.24, 2.45) is 5.84 Å². The average molecular weight is 234 g/mol. The molecule has 3 heteroatoms. The topological polar surface area (TPSA) is 38.0 Å². The van der Waals surface area contributed by atoms with Crippen molar-refractivity contribution in [1.29, 1.82) is 0 Å². The van der Waals surface area contributed by atoms with E-state index >= 15 is 0 Å². The van der Waals surface area contributed by atoms with Crippen LogP contribution in [-0.4, -0.2) is 6.04 Å². The standard InChI is InChI=1S/C14H19FN2/c15-13-8-4-5-11(9-13)10-14(17-16)12-6-2-1-3-7-12/h4-6,8-9,14,17H,1-3,7,10,16H2. The normalized spacial score (nSPS) is 17.6. The van der Waals surface area contributed by atoms with Crippen LogP contribution in [0.15, 0.2) is 35.9 Å². The van der Waals surface area contributed by atoms with Gasteiger partial charge in [-0.25, -0.2) is 4.39 Å². The van der Waals surface area contributed by atoms with Gasteiger partial charge in [0.2, 0.25) is 0 Å². The lowest BCUT2D eigenvalue weighted by atomic mass is 9.90. The monoisotopic (exact) mass is 234 g/mol. The molecule has 0 amide bonds. The molecular formula is C14H19FN2. The van der Waals surface area contributed by atoms with E-state index in [1.165, 1.54) is 24.5 Å². The summed E-state index contributed by atoms with van der Waals surface area (Å²) in [5.41, 5.74) is 5.20. The SMILES string of the molecule is NNC(Cc1cccc(F)c1)C1=CCCCC1. The predicted molar refractivity (Wildman–Crippen MR) is 67.8 cm³/mol. The number of benzene rings is 1. The molecule has 1 unspecified atom stereocenters. The minimum atomic E-state index is -0.184. The number of hydrogen-bond acceptors (Lipinski definition) is 2. The van der Waals surface area contributed by atoms with Gasteiger partial charge >= 0.3 is 0 Å². The highest BCUT2D eigenvalue weighted by Crippen LogP contribution is 2.22. The molecule has 0 spiro atoms. The van der Waals surface area contributed by atoms with Crippen molar-refractivity contribution in [2.45, 2.75) is 38.1 Å². The van der Waals surface area contributed by atoms with Crippen LogP contribution in [0.4, 0.5) is 4.39 Å². The van der Waals surface area contributed by atoms with Crippen molar-refractivity contribution in [3.63, 3.8) is 0 Å². The second-order valence-corrected chi connectivity index (χ2v) is 4.58. The van der Waals surface area contributed by atoms with E-state index in [0.717, 1.165) is 24.8 Å². The lowest BCUT2D eigenvalue weighted by Crippen LogP contribution is -2.38. The molecule has 0 bridgehead atoms. The Kier molecular flexibility index (Phi) is 4.29. The minimum absolute atomic E-state index is 0.136. The highest BCUT2D eigenvalue weighted by molar-refractivity contribution is 5.22. The lowest BCUT2D eigenvalue weighted by molar-refractivity contribution is 0.540. The fraction of sp³-hybridized carbons (Fsp3) is 0.429. The van der Waals surface area contributed by atoms with Crippen LogP contribution >= 0.6 is 0 Å². The number of halogens is 1. The molecule has 0 fully saturated rings. The summed E-state index contributed by atoms with van der Waals surface area (Å²) in [6, 6.07) is 6.86. The van der Waals surface area contributed by atoms with Crippen molar-refractivity contribution < 1.29 is 4.39 Å². The molecule has 92 valence electrons. The van der Waals surface area contributed by atoms with E-state index in [1.807, 2.05) is 6.07 Å². The van der Waals surface area contributed by atoms with Gasteiger partial charge in [0.15, 0.2) is 0 Å². The zero-order valence-electron chi connectivity index (χ0n) is 9.95. The Hall–Kier alpha value is -1.19. The molecule has 1 atom stereocenters. The summed E-state index contributed by atoms with van der Waals surface area (Å²) in [5.74, 6) is 5.42. The second kappa shape index (κ2) is 5.94. The molecule has 1 aromatic rings. The molecule has 1 aromatic carbocycles. The minimum Gasteiger partial charge on any atom is -0.271 e. The number of allylic oxidation sites excluding steroid dienone is 1. The molecule has 0 heterocycles. The number of nitrogens with two attached hydrogens (primary N) is 1. The molecule has 0 saturated heterocycles. The van der Waals surface area contributed by atoms with Crippen LogP contribution in [-0.2, 0) is 6.42 Å². The van der Waals surface area contributed by atoms with E-state index in [-0.39, 0.29) is 11.9 Å². The molecule has 1 aliphatic carbocycles. The van der Waals surface area contributed by atoms with Gasteiger partial charge in [0.25, 0.3) is 0 Å². The van der Waals surface area contributed by atoms with E-state index in [0.29, 0.717) is 0 Å². The van der Waals surface area contributed by atoms with Crippen molar-refractivity contribution in [3.05, 3.63) is 47.3 Å². The summed E-state index contributed by atoms with van der Waals surface area (Å²) in [6.07, 6.45) is 7.75. The summed E-state index contributed by atoms with van der Waals surface area (Å²) in [4.78, 5) is 0. The fourth-order valence-corrected chi connectivity index (χ4v) is 2.38. The smallest absolute Gasteiger partial charge is 0.123 e. The molecule has 3 N–H and O–H groups in total. The van der Waals surface area contributed by atoms with Crippen molar-refractivity contribution >= 4 is 0 Å². The average Bonchev–Trinajstić information content (AvgIpc) is 2.37. The highest BCUT2D eigenvalue weighted by atomic mass is 19.1. The number of rotatable bonds is 4. The van der Waals surface area contributed by atoms with Gasteiger partial charge in [-0.1, -0.05) is 23.8 Å². The Morgan fingerprint density at radius 2 is 2.24 bits per heavy atom. The van der Waals surface area contributed by atoms with Gasteiger partial charge in [-0.2, -0.15) is 0 Å². The summed E-state index contributed by atoms with van der Waals surface area (Å²) < 4.78 is 13.1. The first-order valence-corrected chi connectivity index (χ1v) is 6.19. The van der Waals surface area contributed by atoms with E-state index in [4.69, 9.17) is 5.84 Å². The molecule has 0 radical (unpaired) electrons. The molecule has 0 aliphatic heterocycles. The van der Waals surface area contributed by atoms with Crippen LogP contribution in [0.3, 0.4) is 0 Å². The Labute approximate surface area is 102 Å². The van der Waals surface area contributed by atoms with E-state index in [9.17, 15) is 4.39 Å². The molecule has 17 heavy (non-hydrogen) atoms. The third kappa shape index (κ3) is 3.38. The van der Waals surface area contributed by atoms with Gasteiger partial charge in [0.1, 0.15) is 5.82 Å². The second-order valence-electron chi connectivity index (χ2n) is 4.58. The maximum absolute atomic E-state index is 13.1. The Bertz CT molecular complexity index is 401. The van der Waals surface area contributed by atoms with Crippen LogP contribution in [0.1, 0.15) is 31.2 Å². The first kappa shape index (κ1) is 12.3. The van der Waals surface area contributed by atoms with Gasteiger partial charge in [-0.15, -0.1) is 0 Å². The first-order valence-electron chi connectivity index (χ1n) is 6.19. The van der Waals surface area contributed by atoms with E-state index in [2.05, 4.69) is 11.5 Å². The van der Waals surface area contributed by atoms with Crippen LogP contribution in [0.25, 0.3) is 0 Å². The third-order valence-corrected chi connectivity index (χ3v) is 3.30. The predicted octanol–water partition coefficient (Wildman–Crippen LogP) is 2.70. The van der Waals surface area contributed by atoms with Crippen LogP contribution in [0.5, 0.6) is 0 Å². The third-order valence-electron chi connectivity index (χ3n) is 3.30. The molecule has 0 aromatic heterocycles. The Balaban J connectivity index is 2.06. The van der Waals surface area contributed by atoms with Crippen molar-refractivity contribution in [3.8, 4) is 0 Å². The quantitative estimate of drug-likeness (QED) is 0.477. The van der Waals surface area contributed by atoms with E-state index < -0.39 is 0 Å². The van der Waals surface area contributed by atoms with Crippen LogP contribution in [0, 0.1) is 5.82 Å². The molecule has 2 rings (SSSR count). The largest absolute Gasteiger partial charge is 0.271 e. The van der Waals surface area contributed by atoms with Gasteiger partial charge in [0.05, 0.1) is 0 Å². The highest BCUT2D eigenvalue weighted by Gasteiger charge is 2.15. The number of hydrazine groups is 1. The first-order chi connectivity index (χ1) is 8.29. The maximum Gasteiger partial charge on any atom is 0.123 e. The fourth-order valence-electron chi connectivity index (χ4n) is 2.38. The van der Waals surface area contributed by atoms with Gasteiger partial charge in [-0.05, 0) is 49.8 Å². The zero-order chi connectivity index (χ0) is 12.1. The Morgan fingerprint density at radius 1 is 1.35 bits per heavy atom. The molecule has 0 saturated carbocycles. The van der Waals surface area contributed by atoms with Crippen LogP contribution in [0.2, 0.25) is 0 Å². The summed E-state index contributed by atoms with van der Waals surface area (Å²) >= 11 is 0. The van der Waals surface area contributed by atoms with E-state index in [1.54, 1.807) is 12.1 Å². The molecular weight excluding hydrogens is 215 g/mol. The lowest BCUT2D eigenvalue weighted by Gasteiger charge is -2.22. The van der Waals surface area contributed by atoms with Gasteiger partial charge in [0, 0.05) is 6.04 Å². The van der Waals surface area contributed by atoms with Gasteiger partial charge in [-0.3, -0.25) is 11.3 Å². The summed E-state index contributed by atoms with van der Waals surface area (Å²) in [6.45, 7) is 0. The van der Waals surface area contributed by atoms with Crippen LogP contribution < -0.4 is 11.3 Å². The van der Waals surface area contributed by atoms with Crippen molar-refractivity contribution in [1.82, 2.24) is 5.43 Å². The van der Waals surface area contributed by atoms with Gasteiger partial charge < -0.3 is 0 Å². The zero-order valence-corrected chi connectivity index (χ0v) is 9.95. The Morgan fingerprint density at radius 3 is 2.88 bits per heavy atom. The maximum atomic E-state index is 13.1.